The van der Waals surface area contributed by atoms with Crippen LogP contribution >= 0.6 is 0 Å². The second-order valence-corrected chi connectivity index (χ2v) is 5.75. The minimum absolute atomic E-state index is 0.303. The van der Waals surface area contributed by atoms with E-state index >= 15 is 0 Å². The lowest BCUT2D eigenvalue weighted by Gasteiger charge is -2.19. The summed E-state index contributed by atoms with van der Waals surface area (Å²) >= 11 is 0. The molecule has 0 heteroatoms. The maximum Gasteiger partial charge on any atom is 0.0234 e. The van der Waals surface area contributed by atoms with Crippen LogP contribution in [0.2, 0.25) is 0 Å². The first-order valence-corrected chi connectivity index (χ1v) is 7.49. The van der Waals surface area contributed by atoms with E-state index < -0.39 is 0 Å². The maximum atomic E-state index is 2.30. The van der Waals surface area contributed by atoms with Gasteiger partial charge in [-0.1, -0.05) is 80.4 Å². The fourth-order valence-electron chi connectivity index (χ4n) is 3.47. The minimum Gasteiger partial charge on any atom is -0.0654 e. The van der Waals surface area contributed by atoms with Gasteiger partial charge in [0.1, 0.15) is 0 Å². The molecule has 2 aromatic rings. The molecule has 19 heavy (non-hydrogen) atoms. The number of hydrogen-bond donors (Lipinski definition) is 0. The van der Waals surface area contributed by atoms with Gasteiger partial charge in [-0.3, -0.25) is 0 Å². The molecule has 0 saturated heterocycles. The number of hydrogen-bond acceptors (Lipinski definition) is 0. The van der Waals surface area contributed by atoms with Crippen LogP contribution in [0, 0.1) is 5.92 Å². The van der Waals surface area contributed by atoms with E-state index in [2.05, 4.69) is 67.6 Å². The van der Waals surface area contributed by atoms with Gasteiger partial charge in [-0.2, -0.15) is 0 Å². The molecule has 1 fully saturated rings. The third kappa shape index (κ3) is 2.20. The van der Waals surface area contributed by atoms with E-state index in [-0.39, 0.29) is 0 Å². The molecule has 98 valence electrons. The largest absolute Gasteiger partial charge is 0.0654 e. The van der Waals surface area contributed by atoms with Crippen LogP contribution in [0.4, 0.5) is 0 Å². The summed E-state index contributed by atoms with van der Waals surface area (Å²) in [4.78, 5) is 0. The van der Waals surface area contributed by atoms with Gasteiger partial charge < -0.3 is 0 Å². The molecule has 0 radical (unpaired) electrons. The normalized spacial score (nSPS) is 20.2. The second-order valence-electron chi connectivity index (χ2n) is 5.75. The van der Waals surface area contributed by atoms with E-state index in [1.165, 1.54) is 36.8 Å². The van der Waals surface area contributed by atoms with E-state index in [0.717, 1.165) is 5.92 Å². The first-order chi connectivity index (χ1) is 9.38. The highest BCUT2D eigenvalue weighted by atomic mass is 14.6. The zero-order chi connectivity index (χ0) is 13.1. The van der Waals surface area contributed by atoms with Gasteiger partial charge in [-0.15, -0.1) is 0 Å². The Bertz CT molecular complexity index is 473. The van der Waals surface area contributed by atoms with E-state index in [1.54, 1.807) is 0 Å². The molecule has 0 aromatic heterocycles. The molecule has 0 bridgehead atoms. The fourth-order valence-corrected chi connectivity index (χ4v) is 3.47. The van der Waals surface area contributed by atoms with Gasteiger partial charge in [0, 0.05) is 5.41 Å². The van der Waals surface area contributed by atoms with E-state index in [9.17, 15) is 0 Å². The lowest BCUT2D eigenvalue weighted by atomic mass is 9.85. The third-order valence-electron chi connectivity index (χ3n) is 4.59. The summed E-state index contributed by atoms with van der Waals surface area (Å²) in [5.41, 5.74) is 3.31. The molecular formula is C19H22. The smallest absolute Gasteiger partial charge is 0.0234 e. The Morgan fingerprint density at radius 2 is 1.42 bits per heavy atom. The molecule has 0 aliphatic heterocycles. The topological polar surface area (TPSA) is 0 Å². The lowest BCUT2D eigenvalue weighted by Crippen LogP contribution is -2.12. The van der Waals surface area contributed by atoms with Gasteiger partial charge in [-0.05, 0) is 29.9 Å². The van der Waals surface area contributed by atoms with Crippen molar-refractivity contribution in [3.05, 3.63) is 71.8 Å². The Kier molecular flexibility index (Phi) is 3.42. The molecule has 0 amide bonds. The Labute approximate surface area is 116 Å². The molecule has 0 N–H and O–H groups in total. The zero-order valence-corrected chi connectivity index (χ0v) is 11.7. The van der Waals surface area contributed by atoms with Crippen molar-refractivity contribution in [3.63, 3.8) is 0 Å². The van der Waals surface area contributed by atoms with Crippen LogP contribution in [-0.2, 0) is 5.41 Å². The van der Waals surface area contributed by atoms with Crippen molar-refractivity contribution in [2.45, 2.75) is 38.0 Å². The third-order valence-corrected chi connectivity index (χ3v) is 4.59. The van der Waals surface area contributed by atoms with Crippen LogP contribution in [0.3, 0.4) is 0 Å². The lowest BCUT2D eigenvalue weighted by molar-refractivity contribution is 0.597. The molecule has 1 atom stereocenters. The van der Waals surface area contributed by atoms with E-state index in [0.29, 0.717) is 5.41 Å². The average Bonchev–Trinajstić information content (AvgIpc) is 3.23. The van der Waals surface area contributed by atoms with Crippen LogP contribution in [0.1, 0.15) is 43.7 Å². The molecule has 0 nitrogen and oxygen atoms in total. The SMILES string of the molecule is CCCCC1CC1(c1ccccc1)c1ccccc1. The zero-order valence-electron chi connectivity index (χ0n) is 11.7. The van der Waals surface area contributed by atoms with Crippen molar-refractivity contribution in [1.29, 1.82) is 0 Å². The number of rotatable bonds is 5. The Morgan fingerprint density at radius 1 is 0.895 bits per heavy atom. The Morgan fingerprint density at radius 3 is 1.89 bits per heavy atom. The summed E-state index contributed by atoms with van der Waals surface area (Å²) in [7, 11) is 0. The molecule has 2 aromatic carbocycles. The van der Waals surface area contributed by atoms with Gasteiger partial charge >= 0.3 is 0 Å². The molecule has 1 aliphatic rings. The van der Waals surface area contributed by atoms with Crippen molar-refractivity contribution >= 4 is 0 Å². The molecule has 0 heterocycles. The van der Waals surface area contributed by atoms with E-state index in [4.69, 9.17) is 0 Å². The van der Waals surface area contributed by atoms with Crippen LogP contribution in [0.25, 0.3) is 0 Å². The highest BCUT2D eigenvalue weighted by molar-refractivity contribution is 5.46. The first kappa shape index (κ1) is 12.5. The van der Waals surface area contributed by atoms with Gasteiger partial charge in [0.2, 0.25) is 0 Å². The van der Waals surface area contributed by atoms with Crippen LogP contribution in [-0.4, -0.2) is 0 Å². The number of benzene rings is 2. The molecule has 3 rings (SSSR count). The van der Waals surface area contributed by atoms with Gasteiger partial charge in [-0.25, -0.2) is 0 Å². The van der Waals surface area contributed by atoms with E-state index in [1.807, 2.05) is 0 Å². The maximum absolute atomic E-state index is 2.30. The highest BCUT2D eigenvalue weighted by Crippen LogP contribution is 2.60. The number of unbranched alkanes of at least 4 members (excludes halogenated alkanes) is 1. The van der Waals surface area contributed by atoms with Gasteiger partial charge in [0.15, 0.2) is 0 Å². The summed E-state index contributed by atoms with van der Waals surface area (Å²) in [5, 5.41) is 0. The molecule has 1 aliphatic carbocycles. The van der Waals surface area contributed by atoms with Crippen LogP contribution in [0.15, 0.2) is 60.7 Å². The molecular weight excluding hydrogens is 228 g/mol. The molecule has 1 saturated carbocycles. The van der Waals surface area contributed by atoms with Gasteiger partial charge in [0.05, 0.1) is 0 Å². The second kappa shape index (κ2) is 5.21. The Balaban J connectivity index is 1.95. The van der Waals surface area contributed by atoms with Crippen molar-refractivity contribution in [2.75, 3.05) is 0 Å². The fraction of sp³-hybridized carbons (Fsp3) is 0.368. The van der Waals surface area contributed by atoms with Crippen molar-refractivity contribution < 1.29 is 0 Å². The quantitative estimate of drug-likeness (QED) is 0.685. The summed E-state index contributed by atoms with van der Waals surface area (Å²) in [6, 6.07) is 22.2. The minimum atomic E-state index is 0.303. The summed E-state index contributed by atoms with van der Waals surface area (Å²) in [6.45, 7) is 2.29. The van der Waals surface area contributed by atoms with Crippen molar-refractivity contribution in [3.8, 4) is 0 Å². The van der Waals surface area contributed by atoms with Crippen molar-refractivity contribution in [1.82, 2.24) is 0 Å². The molecule has 1 unspecified atom stereocenters. The van der Waals surface area contributed by atoms with Crippen LogP contribution < -0.4 is 0 Å². The predicted molar refractivity (Wildman–Crippen MR) is 81.3 cm³/mol. The summed E-state index contributed by atoms with van der Waals surface area (Å²) < 4.78 is 0. The first-order valence-electron chi connectivity index (χ1n) is 7.49. The average molecular weight is 250 g/mol. The monoisotopic (exact) mass is 250 g/mol. The van der Waals surface area contributed by atoms with Gasteiger partial charge in [0.25, 0.3) is 0 Å². The molecule has 0 spiro atoms. The van der Waals surface area contributed by atoms with Crippen molar-refractivity contribution in [2.24, 2.45) is 5.92 Å². The summed E-state index contributed by atoms with van der Waals surface area (Å²) in [5.74, 6) is 0.831. The Hall–Kier alpha value is -1.56. The summed E-state index contributed by atoms with van der Waals surface area (Å²) in [6.07, 6.45) is 5.34. The van der Waals surface area contributed by atoms with Crippen LogP contribution in [0.5, 0.6) is 0 Å². The highest BCUT2D eigenvalue weighted by Gasteiger charge is 2.55. The standard InChI is InChI=1S/C19H22/c1-2-3-10-18-15-19(18,16-11-6-4-7-12-16)17-13-8-5-9-14-17/h4-9,11-14,18H,2-3,10,15H2,1H3. The predicted octanol–water partition coefficient (Wildman–Crippen LogP) is 5.18.